The van der Waals surface area contributed by atoms with Gasteiger partial charge in [0.2, 0.25) is 6.29 Å². The molecule has 0 unspecified atom stereocenters. The lowest BCUT2D eigenvalue weighted by Crippen LogP contribution is -2.61. The van der Waals surface area contributed by atoms with Crippen LogP contribution >= 0.6 is 11.6 Å². The van der Waals surface area contributed by atoms with Crippen molar-refractivity contribution in [2.24, 2.45) is 0 Å². The number of carboxylic acid groups (broad SMARTS) is 1. The van der Waals surface area contributed by atoms with Crippen molar-refractivity contribution in [2.45, 2.75) is 30.7 Å². The van der Waals surface area contributed by atoms with E-state index in [0.717, 1.165) is 0 Å². The molecule has 0 aliphatic carbocycles. The number of rotatable bonds is 3. The van der Waals surface area contributed by atoms with E-state index < -0.39 is 36.7 Å². The lowest BCUT2D eigenvalue weighted by atomic mass is 9.99. The van der Waals surface area contributed by atoms with Crippen LogP contribution in [0.3, 0.4) is 0 Å². The van der Waals surface area contributed by atoms with E-state index in [0.29, 0.717) is 0 Å². The van der Waals surface area contributed by atoms with Crippen LogP contribution in [0.2, 0.25) is 5.02 Å². The van der Waals surface area contributed by atoms with E-state index >= 15 is 0 Å². The SMILES string of the molecule is O=C(O)[C@H]1O[C@@H](Oc2ccccc2Cl)[C@H](O)[C@@H](O)[C@@H]1O. The van der Waals surface area contributed by atoms with Crippen LogP contribution in [0.25, 0.3) is 0 Å². The van der Waals surface area contributed by atoms with Crippen LogP contribution in [0.1, 0.15) is 0 Å². The largest absolute Gasteiger partial charge is 0.479 e. The number of carboxylic acids is 1. The van der Waals surface area contributed by atoms with Gasteiger partial charge in [-0.3, -0.25) is 0 Å². The first-order valence-corrected chi connectivity index (χ1v) is 6.13. The van der Waals surface area contributed by atoms with Gasteiger partial charge in [-0.15, -0.1) is 0 Å². The van der Waals surface area contributed by atoms with Gasteiger partial charge in [-0.25, -0.2) is 4.79 Å². The van der Waals surface area contributed by atoms with Gasteiger partial charge in [-0.05, 0) is 12.1 Å². The van der Waals surface area contributed by atoms with Crippen LogP contribution in [0.4, 0.5) is 0 Å². The van der Waals surface area contributed by atoms with Gasteiger partial charge in [0.25, 0.3) is 0 Å². The fraction of sp³-hybridized carbons (Fsp3) is 0.417. The topological polar surface area (TPSA) is 116 Å². The molecule has 0 spiro atoms. The van der Waals surface area contributed by atoms with E-state index in [1.54, 1.807) is 12.1 Å². The molecule has 0 saturated carbocycles. The van der Waals surface area contributed by atoms with Gasteiger partial charge in [0, 0.05) is 0 Å². The molecule has 1 aliphatic heterocycles. The summed E-state index contributed by atoms with van der Waals surface area (Å²) in [5, 5.41) is 38.0. The second kappa shape index (κ2) is 5.94. The van der Waals surface area contributed by atoms with Crippen LogP contribution in [-0.2, 0) is 9.53 Å². The Morgan fingerprint density at radius 2 is 1.80 bits per heavy atom. The number of para-hydroxylation sites is 1. The third-order valence-electron chi connectivity index (χ3n) is 2.89. The molecular weight excluding hydrogens is 292 g/mol. The Balaban J connectivity index is 2.18. The molecule has 7 nitrogen and oxygen atoms in total. The predicted molar refractivity (Wildman–Crippen MR) is 66.4 cm³/mol. The van der Waals surface area contributed by atoms with Crippen LogP contribution in [-0.4, -0.2) is 57.1 Å². The van der Waals surface area contributed by atoms with Crippen molar-refractivity contribution in [2.75, 3.05) is 0 Å². The molecule has 1 heterocycles. The second-order valence-electron chi connectivity index (χ2n) is 4.28. The maximum Gasteiger partial charge on any atom is 0.335 e. The van der Waals surface area contributed by atoms with Crippen molar-refractivity contribution >= 4 is 17.6 Å². The van der Waals surface area contributed by atoms with Crippen molar-refractivity contribution in [3.63, 3.8) is 0 Å². The van der Waals surface area contributed by atoms with Gasteiger partial charge in [0.05, 0.1) is 5.02 Å². The summed E-state index contributed by atoms with van der Waals surface area (Å²) < 4.78 is 10.2. The molecule has 1 fully saturated rings. The quantitative estimate of drug-likeness (QED) is 0.601. The summed E-state index contributed by atoms with van der Waals surface area (Å²) >= 11 is 5.86. The lowest BCUT2D eigenvalue weighted by molar-refractivity contribution is -0.271. The Bertz CT molecular complexity index is 494. The number of aliphatic hydroxyl groups excluding tert-OH is 3. The maximum atomic E-state index is 10.9. The first kappa shape index (κ1) is 15.0. The fourth-order valence-electron chi connectivity index (χ4n) is 1.81. The summed E-state index contributed by atoms with van der Waals surface area (Å²) in [6.45, 7) is 0. The zero-order valence-corrected chi connectivity index (χ0v) is 10.8. The van der Waals surface area contributed by atoms with Gasteiger partial charge in [0.1, 0.15) is 24.1 Å². The third-order valence-corrected chi connectivity index (χ3v) is 3.21. The summed E-state index contributed by atoms with van der Waals surface area (Å²) in [6, 6.07) is 6.31. The van der Waals surface area contributed by atoms with E-state index in [2.05, 4.69) is 0 Å². The molecular formula is C12H13ClO7. The molecule has 20 heavy (non-hydrogen) atoms. The minimum Gasteiger partial charge on any atom is -0.479 e. The van der Waals surface area contributed by atoms with Gasteiger partial charge >= 0.3 is 5.97 Å². The summed E-state index contributed by atoms with van der Waals surface area (Å²) in [4.78, 5) is 10.9. The van der Waals surface area contributed by atoms with Crippen molar-refractivity contribution in [1.82, 2.24) is 0 Å². The molecule has 1 saturated heterocycles. The minimum absolute atomic E-state index is 0.158. The first-order valence-electron chi connectivity index (χ1n) is 5.75. The third kappa shape index (κ3) is 2.87. The molecule has 0 radical (unpaired) electrons. The smallest absolute Gasteiger partial charge is 0.335 e. The molecule has 0 amide bonds. The van der Waals surface area contributed by atoms with Gasteiger partial charge in [0.15, 0.2) is 6.10 Å². The summed E-state index contributed by atoms with van der Waals surface area (Å²) in [5.41, 5.74) is 0. The highest BCUT2D eigenvalue weighted by atomic mass is 35.5. The van der Waals surface area contributed by atoms with E-state index in [-0.39, 0.29) is 10.8 Å². The number of benzene rings is 1. The number of aliphatic carboxylic acids is 1. The Morgan fingerprint density at radius 3 is 2.40 bits per heavy atom. The van der Waals surface area contributed by atoms with E-state index in [4.69, 9.17) is 26.2 Å². The van der Waals surface area contributed by atoms with E-state index in [1.165, 1.54) is 12.1 Å². The molecule has 2 rings (SSSR count). The second-order valence-corrected chi connectivity index (χ2v) is 4.69. The Kier molecular flexibility index (Phi) is 4.46. The number of hydrogen-bond donors (Lipinski definition) is 4. The van der Waals surface area contributed by atoms with Crippen molar-refractivity contribution in [3.8, 4) is 5.75 Å². The standard InChI is InChI=1S/C12H13ClO7/c13-5-3-1-2-4-6(5)19-12-9(16)7(14)8(15)10(20-12)11(17)18/h1-4,7-10,12,14-16H,(H,17,18)/t7-,8-,9+,10-,12+/m0/s1. The average molecular weight is 305 g/mol. The summed E-state index contributed by atoms with van der Waals surface area (Å²) in [6.07, 6.45) is -8.25. The zero-order valence-electron chi connectivity index (χ0n) is 10.1. The molecule has 0 aromatic heterocycles. The normalized spacial score (nSPS) is 33.7. The van der Waals surface area contributed by atoms with E-state index in [1.807, 2.05) is 0 Å². The van der Waals surface area contributed by atoms with Crippen molar-refractivity contribution < 1.29 is 34.7 Å². The molecule has 1 aromatic rings. The van der Waals surface area contributed by atoms with Crippen LogP contribution in [0, 0.1) is 0 Å². The molecule has 1 aliphatic rings. The Labute approximate surface area is 118 Å². The molecule has 0 bridgehead atoms. The molecule has 1 aromatic carbocycles. The minimum atomic E-state index is -1.76. The van der Waals surface area contributed by atoms with Crippen molar-refractivity contribution in [3.05, 3.63) is 29.3 Å². The highest BCUT2D eigenvalue weighted by Crippen LogP contribution is 2.28. The van der Waals surface area contributed by atoms with Crippen LogP contribution in [0.15, 0.2) is 24.3 Å². The highest BCUT2D eigenvalue weighted by molar-refractivity contribution is 6.32. The molecule has 8 heteroatoms. The van der Waals surface area contributed by atoms with Gasteiger partial charge in [-0.2, -0.15) is 0 Å². The van der Waals surface area contributed by atoms with Gasteiger partial charge < -0.3 is 29.9 Å². The number of carbonyl (C=O) groups is 1. The van der Waals surface area contributed by atoms with Gasteiger partial charge in [-0.1, -0.05) is 23.7 Å². The Morgan fingerprint density at radius 1 is 1.15 bits per heavy atom. The number of aliphatic hydroxyl groups is 3. The molecule has 110 valence electrons. The monoisotopic (exact) mass is 304 g/mol. The summed E-state index contributed by atoms with van der Waals surface area (Å²) in [7, 11) is 0. The van der Waals surface area contributed by atoms with Crippen molar-refractivity contribution in [1.29, 1.82) is 0 Å². The van der Waals surface area contributed by atoms with Crippen LogP contribution in [0.5, 0.6) is 5.75 Å². The lowest BCUT2D eigenvalue weighted by Gasteiger charge is -2.38. The summed E-state index contributed by atoms with van der Waals surface area (Å²) in [5.74, 6) is -1.32. The number of hydrogen-bond acceptors (Lipinski definition) is 6. The molecule has 5 atom stereocenters. The number of ether oxygens (including phenoxy) is 2. The molecule has 4 N–H and O–H groups in total. The van der Waals surface area contributed by atoms with Crippen LogP contribution < -0.4 is 4.74 Å². The average Bonchev–Trinajstić information content (AvgIpc) is 2.41. The van der Waals surface area contributed by atoms with E-state index in [9.17, 15) is 20.1 Å². The zero-order chi connectivity index (χ0) is 14.9. The predicted octanol–water partition coefficient (Wildman–Crippen LogP) is -0.389. The maximum absolute atomic E-state index is 10.9. The number of halogens is 1. The highest BCUT2D eigenvalue weighted by Gasteiger charge is 2.48. The Hall–Kier alpha value is -1.38. The fourth-order valence-corrected chi connectivity index (χ4v) is 2.00. The first-order chi connectivity index (χ1) is 9.41.